The van der Waals surface area contributed by atoms with Crippen LogP contribution in [0, 0.1) is 18.6 Å². The maximum atomic E-state index is 13.5. The van der Waals surface area contributed by atoms with Gasteiger partial charge in [-0.3, -0.25) is 9.48 Å². The first-order valence-corrected chi connectivity index (χ1v) is 8.27. The number of amides is 1. The largest absolute Gasteiger partial charge is 0.486 e. The zero-order valence-electron chi connectivity index (χ0n) is 13.5. The van der Waals surface area contributed by atoms with Gasteiger partial charge >= 0.3 is 0 Å². The molecule has 0 saturated heterocycles. The highest BCUT2D eigenvalue weighted by Crippen LogP contribution is 2.22. The molecule has 0 radical (unpaired) electrons. The molecule has 25 heavy (non-hydrogen) atoms. The first-order chi connectivity index (χ1) is 11.9. The Labute approximate surface area is 146 Å². The van der Waals surface area contributed by atoms with E-state index in [1.54, 1.807) is 29.2 Å². The van der Waals surface area contributed by atoms with Crippen LogP contribution in [-0.4, -0.2) is 15.7 Å². The van der Waals surface area contributed by atoms with E-state index < -0.39 is 11.6 Å². The predicted molar refractivity (Wildman–Crippen MR) is 90.9 cm³/mol. The van der Waals surface area contributed by atoms with Crippen molar-refractivity contribution in [2.45, 2.75) is 13.5 Å². The molecule has 0 aliphatic heterocycles. The topological polar surface area (TPSA) is 56.1 Å². The molecule has 1 N–H and O–H groups in total. The standard InChI is InChI=1S/C17H15F2N3O2S/c1-10-5-16(22(2)21-10)20-17(23)15-6-11(9-25-15)8-24-14-4-3-12(18)7-13(14)19/h3-7,9H,8H2,1-2H3,(H,20,23). The lowest BCUT2D eigenvalue weighted by Crippen LogP contribution is -2.13. The van der Waals surface area contributed by atoms with E-state index in [2.05, 4.69) is 10.4 Å². The predicted octanol–water partition coefficient (Wildman–Crippen LogP) is 3.90. The van der Waals surface area contributed by atoms with E-state index in [9.17, 15) is 13.6 Å². The van der Waals surface area contributed by atoms with Gasteiger partial charge in [0.1, 0.15) is 18.2 Å². The highest BCUT2D eigenvalue weighted by molar-refractivity contribution is 7.12. The number of anilines is 1. The number of aromatic nitrogens is 2. The maximum Gasteiger partial charge on any atom is 0.266 e. The van der Waals surface area contributed by atoms with Crippen molar-refractivity contribution in [3.8, 4) is 5.75 Å². The van der Waals surface area contributed by atoms with Crippen molar-refractivity contribution in [3.05, 3.63) is 63.5 Å². The van der Waals surface area contributed by atoms with Gasteiger partial charge in [-0.2, -0.15) is 5.10 Å². The fourth-order valence-electron chi connectivity index (χ4n) is 2.23. The molecule has 0 bridgehead atoms. The number of benzene rings is 1. The number of nitrogens with zero attached hydrogens (tertiary/aromatic N) is 2. The van der Waals surface area contributed by atoms with Gasteiger partial charge in [0.2, 0.25) is 0 Å². The van der Waals surface area contributed by atoms with Gasteiger partial charge in [0.05, 0.1) is 10.6 Å². The summed E-state index contributed by atoms with van der Waals surface area (Å²) in [5.74, 6) is -1.12. The van der Waals surface area contributed by atoms with Crippen LogP contribution in [0.2, 0.25) is 0 Å². The Balaban J connectivity index is 1.63. The monoisotopic (exact) mass is 363 g/mol. The van der Waals surface area contributed by atoms with E-state index in [4.69, 9.17) is 4.74 Å². The van der Waals surface area contributed by atoms with Crippen molar-refractivity contribution < 1.29 is 18.3 Å². The molecule has 3 rings (SSSR count). The normalized spacial score (nSPS) is 10.7. The van der Waals surface area contributed by atoms with Crippen molar-refractivity contribution in [3.63, 3.8) is 0 Å². The minimum Gasteiger partial charge on any atom is -0.486 e. The molecule has 3 aromatic rings. The molecule has 0 fully saturated rings. The Morgan fingerprint density at radius 3 is 2.80 bits per heavy atom. The number of carbonyl (C=O) groups excluding carboxylic acids is 1. The number of thiophene rings is 1. The number of halogens is 2. The van der Waals surface area contributed by atoms with Crippen molar-refractivity contribution in [1.29, 1.82) is 0 Å². The molecule has 2 heterocycles. The summed E-state index contributed by atoms with van der Waals surface area (Å²) in [6.07, 6.45) is 0. The number of ether oxygens (including phenoxy) is 1. The highest BCUT2D eigenvalue weighted by atomic mass is 32.1. The summed E-state index contributed by atoms with van der Waals surface area (Å²) < 4.78 is 33.3. The quantitative estimate of drug-likeness (QED) is 0.748. The van der Waals surface area contributed by atoms with E-state index >= 15 is 0 Å². The van der Waals surface area contributed by atoms with E-state index in [0.29, 0.717) is 10.7 Å². The van der Waals surface area contributed by atoms with Crippen molar-refractivity contribution in [2.24, 2.45) is 7.05 Å². The highest BCUT2D eigenvalue weighted by Gasteiger charge is 2.13. The molecule has 1 amide bonds. The summed E-state index contributed by atoms with van der Waals surface area (Å²) in [7, 11) is 1.74. The zero-order chi connectivity index (χ0) is 18.0. The van der Waals surface area contributed by atoms with Gasteiger partial charge in [-0.15, -0.1) is 11.3 Å². The van der Waals surface area contributed by atoms with Crippen LogP contribution in [-0.2, 0) is 13.7 Å². The smallest absolute Gasteiger partial charge is 0.266 e. The summed E-state index contributed by atoms with van der Waals surface area (Å²) in [6, 6.07) is 6.56. The van der Waals surface area contributed by atoms with Gasteiger partial charge in [-0.1, -0.05) is 0 Å². The number of hydrogen-bond donors (Lipinski definition) is 1. The Hall–Kier alpha value is -2.74. The number of aryl methyl sites for hydroxylation is 2. The van der Waals surface area contributed by atoms with Crippen molar-refractivity contribution >= 4 is 23.1 Å². The molecular formula is C17H15F2N3O2S. The van der Waals surface area contributed by atoms with Crippen LogP contribution in [0.1, 0.15) is 20.9 Å². The SMILES string of the molecule is Cc1cc(NC(=O)c2cc(COc3ccc(F)cc3F)cs2)n(C)n1. The number of hydrogen-bond acceptors (Lipinski definition) is 4. The van der Waals surface area contributed by atoms with Crippen LogP contribution in [0.3, 0.4) is 0 Å². The van der Waals surface area contributed by atoms with Crippen LogP contribution in [0.4, 0.5) is 14.6 Å². The molecule has 0 aliphatic carbocycles. The summed E-state index contributed by atoms with van der Waals surface area (Å²) >= 11 is 1.26. The fraction of sp³-hybridized carbons (Fsp3) is 0.176. The van der Waals surface area contributed by atoms with Crippen LogP contribution in [0.25, 0.3) is 0 Å². The minimum absolute atomic E-state index is 0.0380. The van der Waals surface area contributed by atoms with Gasteiger partial charge < -0.3 is 10.1 Å². The van der Waals surface area contributed by atoms with E-state index in [0.717, 1.165) is 23.4 Å². The van der Waals surface area contributed by atoms with E-state index in [-0.39, 0.29) is 18.3 Å². The summed E-state index contributed by atoms with van der Waals surface area (Å²) in [4.78, 5) is 12.8. The number of nitrogens with one attached hydrogen (secondary N) is 1. The Kier molecular flexibility index (Phi) is 4.80. The zero-order valence-corrected chi connectivity index (χ0v) is 14.4. The van der Waals surface area contributed by atoms with Gasteiger partial charge in [-0.05, 0) is 30.5 Å². The molecule has 0 spiro atoms. The molecule has 0 atom stereocenters. The van der Waals surface area contributed by atoms with Crippen LogP contribution in [0.15, 0.2) is 35.7 Å². The number of carbonyl (C=O) groups is 1. The molecule has 0 aliphatic rings. The third-order valence-corrected chi connectivity index (χ3v) is 4.39. The lowest BCUT2D eigenvalue weighted by atomic mass is 10.3. The van der Waals surface area contributed by atoms with Gasteiger partial charge in [0, 0.05) is 24.7 Å². The Morgan fingerprint density at radius 2 is 2.12 bits per heavy atom. The molecule has 2 aromatic heterocycles. The second-order valence-electron chi connectivity index (χ2n) is 5.43. The summed E-state index contributed by atoms with van der Waals surface area (Å²) in [6.45, 7) is 1.92. The summed E-state index contributed by atoms with van der Waals surface area (Å²) in [5, 5.41) is 8.70. The third kappa shape index (κ3) is 4.03. The van der Waals surface area contributed by atoms with Crippen LogP contribution < -0.4 is 10.1 Å². The number of rotatable bonds is 5. The first kappa shape index (κ1) is 17.1. The molecule has 5 nitrogen and oxygen atoms in total. The van der Waals surface area contributed by atoms with Crippen molar-refractivity contribution in [2.75, 3.05) is 5.32 Å². The molecule has 0 unspecified atom stereocenters. The van der Waals surface area contributed by atoms with Gasteiger partial charge in [0.15, 0.2) is 11.6 Å². The Morgan fingerprint density at radius 1 is 1.32 bits per heavy atom. The lowest BCUT2D eigenvalue weighted by molar-refractivity contribution is 0.102. The average molecular weight is 363 g/mol. The van der Waals surface area contributed by atoms with Gasteiger partial charge in [-0.25, -0.2) is 8.78 Å². The molecule has 8 heteroatoms. The maximum absolute atomic E-state index is 13.5. The van der Waals surface area contributed by atoms with Gasteiger partial charge in [0.25, 0.3) is 5.91 Å². The van der Waals surface area contributed by atoms with E-state index in [1.165, 1.54) is 17.4 Å². The van der Waals surface area contributed by atoms with Crippen molar-refractivity contribution in [1.82, 2.24) is 9.78 Å². The minimum atomic E-state index is -0.764. The fourth-order valence-corrected chi connectivity index (χ4v) is 3.02. The molecule has 130 valence electrons. The third-order valence-electron chi connectivity index (χ3n) is 3.41. The summed E-state index contributed by atoms with van der Waals surface area (Å²) in [5.41, 5.74) is 1.53. The molecule has 1 aromatic carbocycles. The molecular weight excluding hydrogens is 348 g/mol. The molecule has 0 saturated carbocycles. The van der Waals surface area contributed by atoms with E-state index in [1.807, 2.05) is 6.92 Å². The average Bonchev–Trinajstić information content (AvgIpc) is 3.13. The lowest BCUT2D eigenvalue weighted by Gasteiger charge is -2.05. The first-order valence-electron chi connectivity index (χ1n) is 7.39. The Bertz CT molecular complexity index is 921. The second-order valence-corrected chi connectivity index (χ2v) is 6.34. The second kappa shape index (κ2) is 7.02. The van der Waals surface area contributed by atoms with Crippen LogP contribution >= 0.6 is 11.3 Å². The van der Waals surface area contributed by atoms with Crippen LogP contribution in [0.5, 0.6) is 5.75 Å².